The summed E-state index contributed by atoms with van der Waals surface area (Å²) in [5, 5.41) is 2.61. The van der Waals surface area contributed by atoms with Crippen LogP contribution in [-0.4, -0.2) is 46.3 Å². The molecule has 0 unspecified atom stereocenters. The Morgan fingerprint density at radius 1 is 1.14 bits per heavy atom. The van der Waals surface area contributed by atoms with Crippen LogP contribution in [0.5, 0.6) is 5.75 Å². The van der Waals surface area contributed by atoms with Crippen molar-refractivity contribution in [3.05, 3.63) is 54.1 Å². The summed E-state index contributed by atoms with van der Waals surface area (Å²) < 4.78 is 35.5. The summed E-state index contributed by atoms with van der Waals surface area (Å²) in [5.41, 5.74) is 1.04. The number of nitrogens with one attached hydrogen (secondary N) is 1. The molecule has 28 heavy (non-hydrogen) atoms. The molecule has 2 aromatic carbocycles. The van der Waals surface area contributed by atoms with Crippen LogP contribution in [0.1, 0.15) is 16.8 Å². The Morgan fingerprint density at radius 2 is 1.93 bits per heavy atom. The maximum Gasteiger partial charge on any atom is 0.338 e. The van der Waals surface area contributed by atoms with Crippen LogP contribution in [-0.2, 0) is 19.6 Å². The molecule has 0 spiro atoms. The molecule has 1 fully saturated rings. The van der Waals surface area contributed by atoms with Crippen LogP contribution in [0.4, 0.5) is 11.4 Å². The third-order valence-corrected chi connectivity index (χ3v) is 6.05. The van der Waals surface area contributed by atoms with Crippen molar-refractivity contribution in [1.29, 1.82) is 0 Å². The molecule has 0 atom stereocenters. The van der Waals surface area contributed by atoms with Gasteiger partial charge in [0.25, 0.3) is 5.91 Å². The van der Waals surface area contributed by atoms with Gasteiger partial charge in [-0.3, -0.25) is 9.10 Å². The first-order valence-corrected chi connectivity index (χ1v) is 10.2. The van der Waals surface area contributed by atoms with Crippen LogP contribution in [0.3, 0.4) is 0 Å². The van der Waals surface area contributed by atoms with Crippen molar-refractivity contribution in [2.24, 2.45) is 0 Å². The van der Waals surface area contributed by atoms with Crippen LogP contribution in [0, 0.1) is 0 Å². The minimum atomic E-state index is -3.34. The number of sulfonamides is 1. The number of carbonyl (C=O) groups excluding carboxylic acids is 2. The second-order valence-electron chi connectivity index (χ2n) is 6.12. The second-order valence-corrected chi connectivity index (χ2v) is 8.13. The summed E-state index contributed by atoms with van der Waals surface area (Å²) in [6, 6.07) is 13.0. The van der Waals surface area contributed by atoms with Crippen molar-refractivity contribution < 1.29 is 27.5 Å². The fourth-order valence-corrected chi connectivity index (χ4v) is 4.42. The Kier molecular flexibility index (Phi) is 5.84. The summed E-state index contributed by atoms with van der Waals surface area (Å²) in [6.07, 6.45) is 0.542. The normalized spacial score (nSPS) is 15.1. The maximum absolute atomic E-state index is 12.3. The van der Waals surface area contributed by atoms with Crippen LogP contribution in [0.2, 0.25) is 0 Å². The quantitative estimate of drug-likeness (QED) is 0.739. The van der Waals surface area contributed by atoms with Gasteiger partial charge < -0.3 is 14.8 Å². The van der Waals surface area contributed by atoms with Gasteiger partial charge in [-0.05, 0) is 36.8 Å². The molecule has 0 aliphatic carbocycles. The highest BCUT2D eigenvalue weighted by molar-refractivity contribution is 7.93. The molecule has 0 bridgehead atoms. The predicted molar refractivity (Wildman–Crippen MR) is 104 cm³/mol. The first-order valence-electron chi connectivity index (χ1n) is 8.61. The van der Waals surface area contributed by atoms with Crippen molar-refractivity contribution in [3.63, 3.8) is 0 Å². The van der Waals surface area contributed by atoms with E-state index in [0.717, 1.165) is 0 Å². The SMILES string of the molecule is COc1ccccc1NC(=O)COC(=O)c1cccc(N2CCCS2(=O)=O)c1. The molecule has 3 rings (SSSR count). The van der Waals surface area contributed by atoms with Gasteiger partial charge in [0.15, 0.2) is 6.61 Å². The van der Waals surface area contributed by atoms with Gasteiger partial charge in [0.05, 0.1) is 29.8 Å². The van der Waals surface area contributed by atoms with Gasteiger partial charge in [0.2, 0.25) is 10.0 Å². The molecule has 8 nitrogen and oxygen atoms in total. The zero-order valence-electron chi connectivity index (χ0n) is 15.3. The summed E-state index contributed by atoms with van der Waals surface area (Å²) in [7, 11) is -1.86. The lowest BCUT2D eigenvalue weighted by molar-refractivity contribution is -0.119. The lowest BCUT2D eigenvalue weighted by Gasteiger charge is -2.17. The predicted octanol–water partition coefficient (Wildman–Crippen LogP) is 2.03. The van der Waals surface area contributed by atoms with E-state index < -0.39 is 28.5 Å². The number of rotatable bonds is 6. The number of esters is 1. The topological polar surface area (TPSA) is 102 Å². The Bertz CT molecular complexity index is 989. The monoisotopic (exact) mass is 404 g/mol. The third kappa shape index (κ3) is 4.42. The van der Waals surface area contributed by atoms with Crippen molar-refractivity contribution in [3.8, 4) is 5.75 Å². The van der Waals surface area contributed by atoms with Crippen LogP contribution in [0.25, 0.3) is 0 Å². The average molecular weight is 404 g/mol. The van der Waals surface area contributed by atoms with Crippen LogP contribution in [0.15, 0.2) is 48.5 Å². The molecule has 1 N–H and O–H groups in total. The van der Waals surface area contributed by atoms with E-state index in [1.807, 2.05) is 0 Å². The molecule has 0 aromatic heterocycles. The van der Waals surface area contributed by atoms with Crippen molar-refractivity contribution in [2.45, 2.75) is 6.42 Å². The number of ether oxygens (including phenoxy) is 2. The van der Waals surface area contributed by atoms with E-state index in [4.69, 9.17) is 9.47 Å². The maximum atomic E-state index is 12.3. The third-order valence-electron chi connectivity index (χ3n) is 4.18. The average Bonchev–Trinajstić information content (AvgIpc) is 3.05. The summed E-state index contributed by atoms with van der Waals surface area (Å²) in [4.78, 5) is 24.3. The van der Waals surface area contributed by atoms with E-state index in [-0.39, 0.29) is 11.3 Å². The molecule has 148 valence electrons. The Labute approximate surface area is 163 Å². The summed E-state index contributed by atoms with van der Waals surface area (Å²) >= 11 is 0. The Balaban J connectivity index is 1.62. The number of carbonyl (C=O) groups is 2. The molecule has 2 aromatic rings. The number of benzene rings is 2. The largest absolute Gasteiger partial charge is 0.495 e. The number of hydrogen-bond donors (Lipinski definition) is 1. The first-order chi connectivity index (χ1) is 13.4. The van der Waals surface area contributed by atoms with Gasteiger partial charge in [0, 0.05) is 6.54 Å². The van der Waals surface area contributed by atoms with Gasteiger partial charge >= 0.3 is 5.97 Å². The van der Waals surface area contributed by atoms with E-state index >= 15 is 0 Å². The smallest absolute Gasteiger partial charge is 0.338 e. The van der Waals surface area contributed by atoms with E-state index in [1.54, 1.807) is 36.4 Å². The highest BCUT2D eigenvalue weighted by atomic mass is 32.2. The standard InChI is InChI=1S/C19H20N2O6S/c1-26-17-9-3-2-8-16(17)20-18(22)13-27-19(23)14-6-4-7-15(12-14)21-10-5-11-28(21,24)25/h2-4,6-9,12H,5,10-11,13H2,1H3,(H,20,22). The lowest BCUT2D eigenvalue weighted by Crippen LogP contribution is -2.25. The first kappa shape index (κ1) is 19.7. The second kappa shape index (κ2) is 8.30. The minimum Gasteiger partial charge on any atom is -0.495 e. The zero-order valence-corrected chi connectivity index (χ0v) is 16.1. The molecule has 1 heterocycles. The number of para-hydroxylation sites is 2. The molecule has 1 amide bonds. The summed E-state index contributed by atoms with van der Waals surface area (Å²) in [5.74, 6) is -0.656. The minimum absolute atomic E-state index is 0.0881. The number of methoxy groups -OCH3 is 1. The van der Waals surface area contributed by atoms with Gasteiger partial charge in [-0.1, -0.05) is 18.2 Å². The fraction of sp³-hybridized carbons (Fsp3) is 0.263. The molecule has 1 saturated heterocycles. The van der Waals surface area contributed by atoms with E-state index in [1.165, 1.54) is 23.5 Å². The highest BCUT2D eigenvalue weighted by Crippen LogP contribution is 2.25. The molecular formula is C19H20N2O6S. The molecular weight excluding hydrogens is 384 g/mol. The van der Waals surface area contributed by atoms with E-state index in [9.17, 15) is 18.0 Å². The van der Waals surface area contributed by atoms with Gasteiger partial charge in [-0.2, -0.15) is 0 Å². The summed E-state index contributed by atoms with van der Waals surface area (Å²) in [6.45, 7) is -0.106. The van der Waals surface area contributed by atoms with Gasteiger partial charge in [0.1, 0.15) is 5.75 Å². The zero-order chi connectivity index (χ0) is 20.1. The Hall–Kier alpha value is -3.07. The van der Waals surface area contributed by atoms with Crippen molar-refractivity contribution in [2.75, 3.05) is 35.6 Å². The number of amides is 1. The number of hydrogen-bond acceptors (Lipinski definition) is 6. The number of anilines is 2. The van der Waals surface area contributed by atoms with Gasteiger partial charge in [-0.25, -0.2) is 13.2 Å². The van der Waals surface area contributed by atoms with Crippen molar-refractivity contribution >= 4 is 33.3 Å². The molecule has 0 radical (unpaired) electrons. The highest BCUT2D eigenvalue weighted by Gasteiger charge is 2.28. The van der Waals surface area contributed by atoms with E-state index in [0.29, 0.717) is 30.1 Å². The number of nitrogens with zero attached hydrogens (tertiary/aromatic N) is 1. The fourth-order valence-electron chi connectivity index (χ4n) is 2.87. The van der Waals surface area contributed by atoms with Crippen molar-refractivity contribution in [1.82, 2.24) is 0 Å². The molecule has 1 aliphatic heterocycles. The lowest BCUT2D eigenvalue weighted by atomic mass is 10.2. The molecule has 0 saturated carbocycles. The van der Waals surface area contributed by atoms with Crippen LogP contribution >= 0.6 is 0 Å². The van der Waals surface area contributed by atoms with Gasteiger partial charge in [-0.15, -0.1) is 0 Å². The molecule has 1 aliphatic rings. The van der Waals surface area contributed by atoms with E-state index in [2.05, 4.69) is 5.32 Å². The Morgan fingerprint density at radius 3 is 2.64 bits per heavy atom. The molecule has 9 heteroatoms. The van der Waals surface area contributed by atoms with Crippen LogP contribution < -0.4 is 14.4 Å².